The molecule has 0 unspecified atom stereocenters. The topological polar surface area (TPSA) is 9.23 Å². The molecule has 0 heterocycles. The Hall–Kier alpha value is -2.82. The van der Waals surface area contributed by atoms with Crippen molar-refractivity contribution in [3.05, 3.63) is 88.5 Å². The summed E-state index contributed by atoms with van der Waals surface area (Å²) in [6, 6.07) is 13.2. The average Bonchev–Trinajstić information content (AvgIpc) is 2.80. The van der Waals surface area contributed by atoms with Gasteiger partial charge in [0.1, 0.15) is 0 Å². The molecule has 1 nitrogen and oxygen atoms in total. The average molecular weight is 445 g/mol. The van der Waals surface area contributed by atoms with E-state index < -0.39 is 23.3 Å². The van der Waals surface area contributed by atoms with Gasteiger partial charge in [-0.2, -0.15) is 4.39 Å². The Morgan fingerprint density at radius 3 is 1.91 bits per heavy atom. The second-order valence-corrected chi connectivity index (χ2v) is 7.84. The molecule has 0 atom stereocenters. The van der Waals surface area contributed by atoms with Gasteiger partial charge in [0, 0.05) is 5.56 Å². The fourth-order valence-electron chi connectivity index (χ4n) is 3.73. The Morgan fingerprint density at radius 1 is 0.625 bits per heavy atom. The van der Waals surface area contributed by atoms with Crippen LogP contribution in [0.2, 0.25) is 0 Å². The van der Waals surface area contributed by atoms with Gasteiger partial charge in [-0.3, -0.25) is 0 Å². The van der Waals surface area contributed by atoms with Gasteiger partial charge in [0.05, 0.1) is 6.61 Å². The standard InChI is InChI=1S/C27H28F4O/c1-3-5-6-7-20-14-15-21(25(29)24(20)28)13-10-18-8-11-19(12-9-18)22-16-17-23(32-4-2)27(31)26(22)30/h8-9,11-12,14-17H,3-7,10,13H2,1-2H3. The minimum atomic E-state index is -1.01. The van der Waals surface area contributed by atoms with Crippen LogP contribution in [0.15, 0.2) is 48.5 Å². The number of hydrogen-bond donors (Lipinski definition) is 0. The fraction of sp³-hybridized carbons (Fsp3) is 0.333. The predicted octanol–water partition coefficient (Wildman–Crippen LogP) is 7.83. The largest absolute Gasteiger partial charge is 0.491 e. The molecule has 3 aromatic carbocycles. The lowest BCUT2D eigenvalue weighted by molar-refractivity contribution is 0.314. The Labute approximate surface area is 187 Å². The molecule has 5 heteroatoms. The van der Waals surface area contributed by atoms with Crippen LogP contribution in [0.1, 0.15) is 49.8 Å². The zero-order chi connectivity index (χ0) is 23.1. The molecule has 0 aliphatic carbocycles. The minimum absolute atomic E-state index is 0.115. The minimum Gasteiger partial charge on any atom is -0.491 e. The van der Waals surface area contributed by atoms with E-state index in [1.54, 1.807) is 43.3 Å². The van der Waals surface area contributed by atoms with Gasteiger partial charge in [-0.15, -0.1) is 0 Å². The Bertz CT molecular complexity index is 1040. The van der Waals surface area contributed by atoms with Gasteiger partial charge in [-0.25, -0.2) is 13.2 Å². The van der Waals surface area contributed by atoms with Crippen molar-refractivity contribution < 1.29 is 22.3 Å². The van der Waals surface area contributed by atoms with Crippen molar-refractivity contribution in [1.29, 1.82) is 0 Å². The van der Waals surface area contributed by atoms with Crippen LogP contribution in [0.25, 0.3) is 11.1 Å². The fourth-order valence-corrected chi connectivity index (χ4v) is 3.73. The van der Waals surface area contributed by atoms with E-state index in [1.807, 2.05) is 0 Å². The van der Waals surface area contributed by atoms with Gasteiger partial charge in [0.15, 0.2) is 23.2 Å². The lowest BCUT2D eigenvalue weighted by Gasteiger charge is -2.11. The van der Waals surface area contributed by atoms with Crippen molar-refractivity contribution in [1.82, 2.24) is 0 Å². The number of unbranched alkanes of at least 4 members (excludes halogenated alkanes) is 2. The lowest BCUT2D eigenvalue weighted by Crippen LogP contribution is -2.02. The highest BCUT2D eigenvalue weighted by molar-refractivity contribution is 5.65. The van der Waals surface area contributed by atoms with Crippen molar-refractivity contribution in [3.8, 4) is 16.9 Å². The second kappa shape index (κ2) is 11.2. The summed E-state index contributed by atoms with van der Waals surface area (Å²) in [6.45, 7) is 4.02. The van der Waals surface area contributed by atoms with Gasteiger partial charge in [0.25, 0.3) is 0 Å². The van der Waals surface area contributed by atoms with Crippen LogP contribution in [0, 0.1) is 23.3 Å². The number of hydrogen-bond acceptors (Lipinski definition) is 1. The smallest absolute Gasteiger partial charge is 0.201 e. The Kier molecular flexibility index (Phi) is 8.32. The maximum absolute atomic E-state index is 14.5. The summed E-state index contributed by atoms with van der Waals surface area (Å²) in [5.41, 5.74) is 2.33. The zero-order valence-electron chi connectivity index (χ0n) is 18.5. The van der Waals surface area contributed by atoms with Crippen LogP contribution in [0.5, 0.6) is 5.75 Å². The van der Waals surface area contributed by atoms with E-state index >= 15 is 0 Å². The van der Waals surface area contributed by atoms with Crippen molar-refractivity contribution in [2.24, 2.45) is 0 Å². The second-order valence-electron chi connectivity index (χ2n) is 7.84. The summed E-state index contributed by atoms with van der Waals surface area (Å²) >= 11 is 0. The summed E-state index contributed by atoms with van der Waals surface area (Å²) in [4.78, 5) is 0. The molecule has 0 amide bonds. The Balaban J connectivity index is 1.68. The highest BCUT2D eigenvalue weighted by Crippen LogP contribution is 2.30. The molecule has 0 saturated carbocycles. The molecule has 0 saturated heterocycles. The first-order valence-corrected chi connectivity index (χ1v) is 11.1. The summed E-state index contributed by atoms with van der Waals surface area (Å²) in [5, 5.41) is 0. The summed E-state index contributed by atoms with van der Waals surface area (Å²) in [6.07, 6.45) is 4.26. The molecule has 0 fully saturated rings. The monoisotopic (exact) mass is 444 g/mol. The van der Waals surface area contributed by atoms with Gasteiger partial charge in [0.2, 0.25) is 5.82 Å². The number of benzene rings is 3. The van der Waals surface area contributed by atoms with Crippen LogP contribution in [0.4, 0.5) is 17.6 Å². The maximum Gasteiger partial charge on any atom is 0.201 e. The number of rotatable bonds is 10. The van der Waals surface area contributed by atoms with E-state index in [4.69, 9.17) is 4.74 Å². The van der Waals surface area contributed by atoms with E-state index in [-0.39, 0.29) is 17.9 Å². The molecule has 0 spiro atoms. The molecule has 3 aromatic rings. The first kappa shape index (κ1) is 23.8. The normalized spacial score (nSPS) is 11.1. The lowest BCUT2D eigenvalue weighted by atomic mass is 9.98. The summed E-state index contributed by atoms with van der Waals surface area (Å²) in [5.74, 6) is -3.61. The predicted molar refractivity (Wildman–Crippen MR) is 120 cm³/mol. The van der Waals surface area contributed by atoms with E-state index in [0.717, 1.165) is 24.8 Å². The summed E-state index contributed by atoms with van der Waals surface area (Å²) in [7, 11) is 0. The molecule has 0 aliphatic heterocycles. The highest BCUT2D eigenvalue weighted by atomic mass is 19.2. The quantitative estimate of drug-likeness (QED) is 0.229. The zero-order valence-corrected chi connectivity index (χ0v) is 18.5. The van der Waals surface area contributed by atoms with Crippen molar-refractivity contribution >= 4 is 0 Å². The van der Waals surface area contributed by atoms with Gasteiger partial charge in [-0.1, -0.05) is 56.2 Å². The molecule has 0 aliphatic rings. The van der Waals surface area contributed by atoms with E-state index in [9.17, 15) is 17.6 Å². The Morgan fingerprint density at radius 2 is 1.28 bits per heavy atom. The van der Waals surface area contributed by atoms with Crippen molar-refractivity contribution in [2.45, 2.75) is 52.4 Å². The third-order valence-corrected chi connectivity index (χ3v) is 5.59. The number of aryl methyl sites for hydroxylation is 3. The molecular formula is C27H28F4O. The van der Waals surface area contributed by atoms with Crippen LogP contribution in [-0.4, -0.2) is 6.61 Å². The van der Waals surface area contributed by atoms with Crippen LogP contribution < -0.4 is 4.74 Å². The third-order valence-electron chi connectivity index (χ3n) is 5.59. The first-order valence-electron chi connectivity index (χ1n) is 11.1. The molecular weight excluding hydrogens is 416 g/mol. The van der Waals surface area contributed by atoms with E-state index in [0.29, 0.717) is 36.0 Å². The third kappa shape index (κ3) is 5.50. The van der Waals surface area contributed by atoms with Crippen LogP contribution in [0.3, 0.4) is 0 Å². The summed E-state index contributed by atoms with van der Waals surface area (Å²) < 4.78 is 62.5. The molecule has 32 heavy (non-hydrogen) atoms. The van der Waals surface area contributed by atoms with Crippen LogP contribution in [-0.2, 0) is 19.3 Å². The first-order chi connectivity index (χ1) is 15.5. The molecule has 0 N–H and O–H groups in total. The molecule has 0 bridgehead atoms. The van der Waals surface area contributed by atoms with Crippen molar-refractivity contribution in [2.75, 3.05) is 6.61 Å². The maximum atomic E-state index is 14.5. The van der Waals surface area contributed by atoms with E-state index in [2.05, 4.69) is 6.92 Å². The molecule has 3 rings (SSSR count). The number of halogens is 4. The van der Waals surface area contributed by atoms with Gasteiger partial charge >= 0.3 is 0 Å². The molecule has 170 valence electrons. The molecule has 0 aromatic heterocycles. The SMILES string of the molecule is CCCCCc1ccc(CCc2ccc(-c3ccc(OCC)c(F)c3F)cc2)c(F)c1F. The van der Waals surface area contributed by atoms with Crippen molar-refractivity contribution in [3.63, 3.8) is 0 Å². The molecule has 0 radical (unpaired) electrons. The highest BCUT2D eigenvalue weighted by Gasteiger charge is 2.16. The van der Waals surface area contributed by atoms with Gasteiger partial charge < -0.3 is 4.74 Å². The van der Waals surface area contributed by atoms with Crippen LogP contribution >= 0.6 is 0 Å². The number of ether oxygens (including phenoxy) is 1. The van der Waals surface area contributed by atoms with Gasteiger partial charge in [-0.05, 0) is 67.0 Å². The van der Waals surface area contributed by atoms with E-state index in [1.165, 1.54) is 12.1 Å².